The maximum Gasteiger partial charge on any atom is 0.0307 e. The van der Waals surface area contributed by atoms with Crippen molar-refractivity contribution in [3.8, 4) is 0 Å². The lowest BCUT2D eigenvalue weighted by molar-refractivity contribution is 0.250. The van der Waals surface area contributed by atoms with Crippen molar-refractivity contribution in [1.29, 1.82) is 0 Å². The van der Waals surface area contributed by atoms with Crippen molar-refractivity contribution in [3.05, 3.63) is 35.4 Å². The fourth-order valence-corrected chi connectivity index (χ4v) is 3.29. The maximum absolute atomic E-state index is 6.33. The summed E-state index contributed by atoms with van der Waals surface area (Å²) >= 11 is 0. The third-order valence-corrected chi connectivity index (χ3v) is 4.54. The molecular weight excluding hydrogens is 246 g/mol. The first-order chi connectivity index (χ1) is 9.47. The quantitative estimate of drug-likeness (QED) is 0.895. The van der Waals surface area contributed by atoms with E-state index < -0.39 is 0 Å². The van der Waals surface area contributed by atoms with Gasteiger partial charge in [-0.25, -0.2) is 0 Å². The molecule has 1 aliphatic heterocycles. The third-order valence-electron chi connectivity index (χ3n) is 4.54. The summed E-state index contributed by atoms with van der Waals surface area (Å²) in [5.41, 5.74) is 8.89. The molecule has 0 amide bonds. The maximum atomic E-state index is 6.33. The van der Waals surface area contributed by atoms with Gasteiger partial charge in [-0.05, 0) is 38.9 Å². The largest absolute Gasteiger partial charge is 0.324 e. The first kappa shape index (κ1) is 15.5. The van der Waals surface area contributed by atoms with E-state index in [1.165, 1.54) is 24.2 Å². The Kier molecular flexibility index (Phi) is 5.19. The molecule has 2 N–H and O–H groups in total. The van der Waals surface area contributed by atoms with E-state index in [1.54, 1.807) is 0 Å². The molecule has 1 aromatic carbocycles. The third kappa shape index (κ3) is 3.81. The molecule has 0 aliphatic carbocycles. The smallest absolute Gasteiger partial charge is 0.0307 e. The molecule has 1 heterocycles. The Balaban J connectivity index is 1.84. The van der Waals surface area contributed by atoms with Crippen molar-refractivity contribution in [3.63, 3.8) is 0 Å². The summed E-state index contributed by atoms with van der Waals surface area (Å²) in [6, 6.07) is 9.42. The van der Waals surface area contributed by atoms with Crippen molar-refractivity contribution in [2.75, 3.05) is 33.7 Å². The lowest BCUT2D eigenvalue weighted by Gasteiger charge is -2.23. The SMILES string of the molecule is Cc1cccc(C(N)CCN2CC(C)C(N(C)C)C2)c1. The predicted octanol–water partition coefficient (Wildman–Crippen LogP) is 2.27. The molecule has 3 heteroatoms. The highest BCUT2D eigenvalue weighted by Gasteiger charge is 2.30. The Hall–Kier alpha value is -0.900. The summed E-state index contributed by atoms with van der Waals surface area (Å²) in [4.78, 5) is 4.91. The first-order valence-electron chi connectivity index (χ1n) is 7.68. The van der Waals surface area contributed by atoms with E-state index in [9.17, 15) is 0 Å². The van der Waals surface area contributed by atoms with Crippen LogP contribution in [0.5, 0.6) is 0 Å². The highest BCUT2D eigenvalue weighted by Crippen LogP contribution is 2.22. The normalized spacial score (nSPS) is 25.3. The molecule has 3 atom stereocenters. The van der Waals surface area contributed by atoms with Gasteiger partial charge in [0.05, 0.1) is 0 Å². The average molecular weight is 275 g/mol. The molecule has 0 radical (unpaired) electrons. The Morgan fingerprint density at radius 3 is 2.70 bits per heavy atom. The van der Waals surface area contributed by atoms with Gasteiger partial charge in [0.25, 0.3) is 0 Å². The molecule has 2 rings (SSSR count). The van der Waals surface area contributed by atoms with Gasteiger partial charge in [-0.3, -0.25) is 0 Å². The molecular formula is C17H29N3. The Morgan fingerprint density at radius 2 is 2.10 bits per heavy atom. The highest BCUT2D eigenvalue weighted by atomic mass is 15.2. The second-order valence-electron chi connectivity index (χ2n) is 6.58. The average Bonchev–Trinajstić information content (AvgIpc) is 2.77. The summed E-state index contributed by atoms with van der Waals surface area (Å²) in [7, 11) is 4.37. The van der Waals surface area contributed by atoms with E-state index in [1.807, 2.05) is 0 Å². The van der Waals surface area contributed by atoms with Crippen molar-refractivity contribution in [2.24, 2.45) is 11.7 Å². The minimum atomic E-state index is 0.156. The van der Waals surface area contributed by atoms with Crippen LogP contribution < -0.4 is 5.73 Å². The Labute approximate surface area is 123 Å². The summed E-state index contributed by atoms with van der Waals surface area (Å²) in [5.74, 6) is 0.750. The van der Waals surface area contributed by atoms with Gasteiger partial charge in [0, 0.05) is 31.7 Å². The Bertz CT molecular complexity index is 430. The molecule has 1 fully saturated rings. The van der Waals surface area contributed by atoms with E-state index in [0.29, 0.717) is 6.04 Å². The van der Waals surface area contributed by atoms with Crippen LogP contribution in [0, 0.1) is 12.8 Å². The second-order valence-corrected chi connectivity index (χ2v) is 6.58. The summed E-state index contributed by atoms with van der Waals surface area (Å²) in [6.45, 7) is 7.95. The van der Waals surface area contributed by atoms with Crippen LogP contribution in [-0.4, -0.2) is 49.6 Å². The zero-order valence-electron chi connectivity index (χ0n) is 13.3. The Morgan fingerprint density at radius 1 is 1.35 bits per heavy atom. The van der Waals surface area contributed by atoms with Crippen molar-refractivity contribution >= 4 is 0 Å². The number of hydrogen-bond donors (Lipinski definition) is 1. The molecule has 0 bridgehead atoms. The summed E-state index contributed by atoms with van der Waals surface area (Å²) < 4.78 is 0. The first-order valence-corrected chi connectivity index (χ1v) is 7.68. The van der Waals surface area contributed by atoms with Gasteiger partial charge in [0.2, 0.25) is 0 Å². The number of rotatable bonds is 5. The topological polar surface area (TPSA) is 32.5 Å². The number of hydrogen-bond acceptors (Lipinski definition) is 3. The highest BCUT2D eigenvalue weighted by molar-refractivity contribution is 5.24. The zero-order chi connectivity index (χ0) is 14.7. The van der Waals surface area contributed by atoms with Crippen LogP contribution in [0.1, 0.15) is 30.5 Å². The minimum Gasteiger partial charge on any atom is -0.324 e. The van der Waals surface area contributed by atoms with Gasteiger partial charge in [-0.15, -0.1) is 0 Å². The molecule has 112 valence electrons. The lowest BCUT2D eigenvalue weighted by Crippen LogP contribution is -2.34. The number of nitrogens with zero attached hydrogens (tertiary/aromatic N) is 2. The molecule has 1 aromatic rings. The van der Waals surface area contributed by atoms with Gasteiger partial charge >= 0.3 is 0 Å². The van der Waals surface area contributed by atoms with E-state index in [-0.39, 0.29) is 6.04 Å². The van der Waals surface area contributed by atoms with E-state index in [4.69, 9.17) is 5.73 Å². The molecule has 0 aromatic heterocycles. The van der Waals surface area contributed by atoms with Gasteiger partial charge < -0.3 is 15.5 Å². The molecule has 3 unspecified atom stereocenters. The van der Waals surface area contributed by atoms with Crippen molar-refractivity contribution in [2.45, 2.75) is 32.4 Å². The van der Waals surface area contributed by atoms with Crippen molar-refractivity contribution < 1.29 is 0 Å². The van der Waals surface area contributed by atoms with E-state index >= 15 is 0 Å². The lowest BCUT2D eigenvalue weighted by atomic mass is 10.0. The number of likely N-dealkylation sites (tertiary alicyclic amines) is 1. The van der Waals surface area contributed by atoms with Crippen LogP contribution in [0.4, 0.5) is 0 Å². The molecule has 3 nitrogen and oxygen atoms in total. The summed E-state index contributed by atoms with van der Waals surface area (Å²) in [6.07, 6.45) is 1.04. The zero-order valence-corrected chi connectivity index (χ0v) is 13.3. The van der Waals surface area contributed by atoms with Crippen LogP contribution in [0.15, 0.2) is 24.3 Å². The van der Waals surface area contributed by atoms with Crippen LogP contribution in [-0.2, 0) is 0 Å². The fraction of sp³-hybridized carbons (Fsp3) is 0.647. The van der Waals surface area contributed by atoms with Gasteiger partial charge in [0.15, 0.2) is 0 Å². The minimum absolute atomic E-state index is 0.156. The predicted molar refractivity (Wildman–Crippen MR) is 85.8 cm³/mol. The summed E-state index contributed by atoms with van der Waals surface area (Å²) in [5, 5.41) is 0. The van der Waals surface area contributed by atoms with Gasteiger partial charge in [-0.1, -0.05) is 36.8 Å². The molecule has 1 aliphatic rings. The van der Waals surface area contributed by atoms with Gasteiger partial charge in [0.1, 0.15) is 0 Å². The molecule has 0 saturated carbocycles. The number of nitrogens with two attached hydrogens (primary N) is 1. The van der Waals surface area contributed by atoms with Crippen LogP contribution in [0.2, 0.25) is 0 Å². The number of benzene rings is 1. The number of aryl methyl sites for hydroxylation is 1. The van der Waals surface area contributed by atoms with E-state index in [0.717, 1.165) is 18.9 Å². The molecule has 1 saturated heterocycles. The number of likely N-dealkylation sites (N-methyl/N-ethyl adjacent to an activating group) is 1. The molecule has 20 heavy (non-hydrogen) atoms. The van der Waals surface area contributed by atoms with Crippen LogP contribution >= 0.6 is 0 Å². The van der Waals surface area contributed by atoms with Crippen LogP contribution in [0.25, 0.3) is 0 Å². The standard InChI is InChI=1S/C17H29N3/c1-13-6-5-7-15(10-13)16(18)8-9-20-11-14(2)17(12-20)19(3)4/h5-7,10,14,16-17H,8-9,11-12,18H2,1-4H3. The monoisotopic (exact) mass is 275 g/mol. The fourth-order valence-electron chi connectivity index (χ4n) is 3.29. The molecule has 0 spiro atoms. The van der Waals surface area contributed by atoms with Crippen LogP contribution in [0.3, 0.4) is 0 Å². The van der Waals surface area contributed by atoms with E-state index in [2.05, 4.69) is 62.0 Å². The van der Waals surface area contributed by atoms with Gasteiger partial charge in [-0.2, -0.15) is 0 Å². The van der Waals surface area contributed by atoms with Crippen molar-refractivity contribution in [1.82, 2.24) is 9.80 Å². The second kappa shape index (κ2) is 6.70.